The molecule has 6 heteroatoms. The van der Waals surface area contributed by atoms with Crippen molar-refractivity contribution in [2.45, 2.75) is 6.54 Å². The number of carbonyl (C=O) groups is 2. The van der Waals surface area contributed by atoms with Gasteiger partial charge in [-0.1, -0.05) is 36.4 Å². The Labute approximate surface area is 158 Å². The molecule has 0 saturated heterocycles. The molecule has 1 aliphatic heterocycles. The van der Waals surface area contributed by atoms with E-state index in [1.54, 1.807) is 0 Å². The van der Waals surface area contributed by atoms with Gasteiger partial charge in [0.25, 0.3) is 11.8 Å². The van der Waals surface area contributed by atoms with Crippen molar-refractivity contribution in [3.05, 3.63) is 59.2 Å². The largest absolute Gasteiger partial charge is 0.353 e. The van der Waals surface area contributed by atoms with Crippen LogP contribution >= 0.6 is 0 Å². The molecule has 6 rings (SSSR count). The molecule has 4 N–H and O–H groups in total. The summed E-state index contributed by atoms with van der Waals surface area (Å²) in [5, 5.41) is 3.42. The lowest BCUT2D eigenvalue weighted by molar-refractivity contribution is 0.0694. The van der Waals surface area contributed by atoms with Gasteiger partial charge in [-0.3, -0.25) is 14.5 Å². The third-order valence-corrected chi connectivity index (χ3v) is 5.88. The predicted molar refractivity (Wildman–Crippen MR) is 109 cm³/mol. The summed E-state index contributed by atoms with van der Waals surface area (Å²) in [5.41, 5.74) is 11.4. The van der Waals surface area contributed by atoms with Crippen molar-refractivity contribution in [1.29, 1.82) is 0 Å². The topological polar surface area (TPSA) is 95.0 Å². The number of nitrogens with one attached hydrogen (secondary N) is 2. The monoisotopic (exact) mass is 368 g/mol. The Morgan fingerprint density at radius 2 is 1.46 bits per heavy atom. The third kappa shape index (κ3) is 1.62. The summed E-state index contributed by atoms with van der Waals surface area (Å²) in [6, 6.07) is 13.7. The lowest BCUT2D eigenvalue weighted by atomic mass is 9.96. The fraction of sp³-hybridized carbons (Fsp3) is 0.0909. The first-order valence-corrected chi connectivity index (χ1v) is 9.14. The van der Waals surface area contributed by atoms with Crippen LogP contribution in [0.2, 0.25) is 0 Å². The first-order valence-electron chi connectivity index (χ1n) is 9.14. The zero-order valence-corrected chi connectivity index (χ0v) is 15.1. The first kappa shape index (κ1) is 15.4. The highest BCUT2D eigenvalue weighted by molar-refractivity contribution is 6.39. The zero-order chi connectivity index (χ0) is 19.2. The van der Waals surface area contributed by atoms with E-state index in [-0.39, 0.29) is 11.8 Å². The minimum absolute atomic E-state index is 0.263. The Morgan fingerprint density at radius 3 is 2.21 bits per heavy atom. The molecule has 6 nitrogen and oxygen atoms in total. The SMILES string of the molecule is CN1C(=O)c2c(c3c4cccc(CN)c4[nH]c3c3[nH]c4ccccc4c23)C1=O. The highest BCUT2D eigenvalue weighted by Crippen LogP contribution is 2.43. The Hall–Kier alpha value is -3.64. The molecule has 0 bridgehead atoms. The molecule has 0 saturated carbocycles. The standard InChI is InChI=1S/C22H16N4O2/c1-26-21(27)16-14-11-6-2-3-8-13(11)24-19(14)20-15(17(16)22(26)28)12-7-4-5-10(9-23)18(12)25-20/h2-8,24-25H,9,23H2,1H3. The van der Waals surface area contributed by atoms with E-state index in [1.807, 2.05) is 42.5 Å². The van der Waals surface area contributed by atoms with Crippen molar-refractivity contribution in [2.75, 3.05) is 7.05 Å². The second-order valence-electron chi connectivity index (χ2n) is 7.26. The lowest BCUT2D eigenvalue weighted by Crippen LogP contribution is -2.24. The fourth-order valence-electron chi connectivity index (χ4n) is 4.59. The second-order valence-corrected chi connectivity index (χ2v) is 7.26. The number of fused-ring (bicyclic) bond motifs is 10. The second kappa shape index (κ2) is 4.99. The van der Waals surface area contributed by atoms with Crippen molar-refractivity contribution >= 4 is 55.4 Å². The van der Waals surface area contributed by atoms with Crippen LogP contribution in [0.15, 0.2) is 42.5 Å². The summed E-state index contributed by atoms with van der Waals surface area (Å²) in [6.07, 6.45) is 0. The molecule has 0 spiro atoms. The summed E-state index contributed by atoms with van der Waals surface area (Å²) in [4.78, 5) is 34.3. The van der Waals surface area contributed by atoms with Crippen molar-refractivity contribution in [1.82, 2.24) is 14.9 Å². The molecule has 2 amide bonds. The minimum atomic E-state index is -0.267. The van der Waals surface area contributed by atoms with Gasteiger partial charge in [-0.05, 0) is 11.6 Å². The highest BCUT2D eigenvalue weighted by Gasteiger charge is 2.38. The van der Waals surface area contributed by atoms with E-state index in [0.29, 0.717) is 17.7 Å². The van der Waals surface area contributed by atoms with Crippen LogP contribution in [0.5, 0.6) is 0 Å². The highest BCUT2D eigenvalue weighted by atomic mass is 16.2. The number of H-pyrrole nitrogens is 2. The smallest absolute Gasteiger partial charge is 0.262 e. The number of hydrogen-bond acceptors (Lipinski definition) is 3. The number of nitrogens with two attached hydrogens (primary N) is 1. The maximum absolute atomic E-state index is 13.1. The number of carbonyl (C=O) groups excluding carboxylic acids is 2. The number of amides is 2. The number of nitrogens with zero attached hydrogens (tertiary/aromatic N) is 1. The van der Waals surface area contributed by atoms with E-state index >= 15 is 0 Å². The molecule has 0 fully saturated rings. The van der Waals surface area contributed by atoms with Crippen molar-refractivity contribution in [3.8, 4) is 0 Å². The zero-order valence-electron chi connectivity index (χ0n) is 15.1. The van der Waals surface area contributed by atoms with Gasteiger partial charge >= 0.3 is 0 Å². The van der Waals surface area contributed by atoms with Gasteiger partial charge in [0.15, 0.2) is 0 Å². The maximum atomic E-state index is 13.1. The number of benzene rings is 3. The molecule has 2 aromatic heterocycles. The van der Waals surface area contributed by atoms with Gasteiger partial charge in [0.2, 0.25) is 0 Å². The van der Waals surface area contributed by atoms with Gasteiger partial charge in [-0.15, -0.1) is 0 Å². The van der Waals surface area contributed by atoms with Crippen LogP contribution < -0.4 is 5.73 Å². The quantitative estimate of drug-likeness (QED) is 0.394. The van der Waals surface area contributed by atoms with Crippen LogP contribution in [0, 0.1) is 0 Å². The number of imide groups is 1. The Balaban J connectivity index is 1.99. The molecular formula is C22H16N4O2. The van der Waals surface area contributed by atoms with E-state index in [4.69, 9.17) is 5.73 Å². The summed E-state index contributed by atoms with van der Waals surface area (Å²) in [6.45, 7) is 0.384. The van der Waals surface area contributed by atoms with Crippen LogP contribution in [0.4, 0.5) is 0 Å². The maximum Gasteiger partial charge on any atom is 0.262 e. The van der Waals surface area contributed by atoms with E-state index < -0.39 is 0 Å². The number of para-hydroxylation sites is 2. The molecule has 136 valence electrons. The summed E-state index contributed by atoms with van der Waals surface area (Å²) in [5.74, 6) is -0.530. The average Bonchev–Trinajstić information content (AvgIpc) is 3.35. The van der Waals surface area contributed by atoms with E-state index in [1.165, 1.54) is 11.9 Å². The average molecular weight is 368 g/mol. The van der Waals surface area contributed by atoms with Crippen molar-refractivity contribution < 1.29 is 9.59 Å². The molecule has 5 aromatic rings. The molecule has 0 unspecified atom stereocenters. The third-order valence-electron chi connectivity index (χ3n) is 5.88. The van der Waals surface area contributed by atoms with Crippen molar-refractivity contribution in [2.24, 2.45) is 5.73 Å². The molecule has 3 aromatic carbocycles. The number of hydrogen-bond donors (Lipinski definition) is 3. The van der Waals surface area contributed by atoms with Crippen LogP contribution in [-0.4, -0.2) is 33.7 Å². The number of aromatic nitrogens is 2. The summed E-state index contributed by atoms with van der Waals surface area (Å²) in [7, 11) is 1.54. The van der Waals surface area contributed by atoms with Crippen LogP contribution in [0.3, 0.4) is 0 Å². The fourth-order valence-corrected chi connectivity index (χ4v) is 4.59. The van der Waals surface area contributed by atoms with Crippen LogP contribution in [-0.2, 0) is 6.54 Å². The normalized spacial score (nSPS) is 14.3. The van der Waals surface area contributed by atoms with Gasteiger partial charge in [0.05, 0.1) is 27.7 Å². The Morgan fingerprint density at radius 1 is 0.821 bits per heavy atom. The lowest BCUT2D eigenvalue weighted by Gasteiger charge is -2.03. The molecule has 28 heavy (non-hydrogen) atoms. The van der Waals surface area contributed by atoms with Gasteiger partial charge < -0.3 is 15.7 Å². The Bertz CT molecular complexity index is 1510. The van der Waals surface area contributed by atoms with Gasteiger partial charge in [0, 0.05) is 40.7 Å². The minimum Gasteiger partial charge on any atom is -0.353 e. The number of aromatic amines is 2. The first-order chi connectivity index (χ1) is 13.6. The Kier molecular flexibility index (Phi) is 2.75. The van der Waals surface area contributed by atoms with Gasteiger partial charge in [0.1, 0.15) is 0 Å². The molecule has 3 heterocycles. The summed E-state index contributed by atoms with van der Waals surface area (Å²) >= 11 is 0. The van der Waals surface area contributed by atoms with Crippen LogP contribution in [0.1, 0.15) is 26.3 Å². The molecular weight excluding hydrogens is 352 g/mol. The van der Waals surface area contributed by atoms with Gasteiger partial charge in [-0.2, -0.15) is 0 Å². The summed E-state index contributed by atoms with van der Waals surface area (Å²) < 4.78 is 0. The van der Waals surface area contributed by atoms with Crippen LogP contribution in [0.25, 0.3) is 43.6 Å². The van der Waals surface area contributed by atoms with E-state index in [2.05, 4.69) is 9.97 Å². The van der Waals surface area contributed by atoms with Gasteiger partial charge in [-0.25, -0.2) is 0 Å². The van der Waals surface area contributed by atoms with Crippen molar-refractivity contribution in [3.63, 3.8) is 0 Å². The predicted octanol–water partition coefficient (Wildman–Crippen LogP) is 3.64. The molecule has 0 radical (unpaired) electrons. The molecule has 0 aliphatic carbocycles. The molecule has 1 aliphatic rings. The van der Waals surface area contributed by atoms with E-state index in [9.17, 15) is 9.59 Å². The number of rotatable bonds is 1. The van der Waals surface area contributed by atoms with E-state index in [0.717, 1.165) is 49.2 Å². The molecule has 0 atom stereocenters.